The number of aryl methyl sites for hydroxylation is 2. The molecule has 154 valence electrons. The molecule has 2 rings (SSSR count). The van der Waals surface area contributed by atoms with Gasteiger partial charge in [0.05, 0.1) is 30.1 Å². The van der Waals surface area contributed by atoms with Crippen molar-refractivity contribution < 1.29 is 14.6 Å². The Morgan fingerprint density at radius 3 is 2.52 bits per heavy atom. The molecule has 3 atom stereocenters. The monoisotopic (exact) mass is 379 g/mol. The molecule has 1 aromatic heterocycles. The second-order valence-corrected chi connectivity index (χ2v) is 7.49. The third-order valence-electron chi connectivity index (χ3n) is 4.75. The van der Waals surface area contributed by atoms with Gasteiger partial charge in [-0.05, 0) is 58.3 Å². The van der Waals surface area contributed by atoms with E-state index in [1.807, 2.05) is 6.92 Å². The van der Waals surface area contributed by atoms with E-state index in [0.29, 0.717) is 18.1 Å². The third kappa shape index (κ3) is 7.45. The number of esters is 1. The maximum Gasteiger partial charge on any atom is 0.333 e. The number of nitrogens with zero attached hydrogens (tertiary/aromatic N) is 3. The number of aliphatic hydroxyl groups excluding tert-OH is 1. The number of rotatable bonds is 7. The zero-order valence-corrected chi connectivity index (χ0v) is 17.7. The minimum Gasteiger partial charge on any atom is -0.462 e. The lowest BCUT2D eigenvalue weighted by molar-refractivity contribution is -0.139. The van der Waals surface area contributed by atoms with Gasteiger partial charge in [0.25, 0.3) is 0 Å². The summed E-state index contributed by atoms with van der Waals surface area (Å²) in [6.07, 6.45) is 6.15. The van der Waals surface area contributed by atoms with Gasteiger partial charge in [0.2, 0.25) is 0 Å². The molecule has 6 heteroatoms. The van der Waals surface area contributed by atoms with Gasteiger partial charge in [0.15, 0.2) is 0 Å². The highest BCUT2D eigenvalue weighted by Crippen LogP contribution is 2.34. The standard InChI is InChI=1S/C18H29N3O3.C3H8/c1-5-15-13(4)19-21(20-15)16-11-14(8-9-17(16)22)7-6-10-24-18(23)12(2)3;1-3-2/h14,16-17,22H,2,5-11H2,1,3-4H3;3H2,1-2H3. The molecule has 1 saturated carbocycles. The summed E-state index contributed by atoms with van der Waals surface area (Å²) in [4.78, 5) is 13.1. The highest BCUT2D eigenvalue weighted by Gasteiger charge is 2.32. The van der Waals surface area contributed by atoms with Crippen LogP contribution in [0.15, 0.2) is 12.2 Å². The van der Waals surface area contributed by atoms with E-state index in [1.165, 1.54) is 6.42 Å². The normalized spacial score (nSPS) is 21.9. The average molecular weight is 380 g/mol. The molecule has 6 nitrogen and oxygen atoms in total. The predicted octanol–water partition coefficient (Wildman–Crippen LogP) is 4.17. The van der Waals surface area contributed by atoms with Crippen LogP contribution in [0.4, 0.5) is 0 Å². The van der Waals surface area contributed by atoms with E-state index in [2.05, 4.69) is 37.5 Å². The average Bonchev–Trinajstić information content (AvgIpc) is 3.01. The first-order valence-corrected chi connectivity index (χ1v) is 10.3. The highest BCUT2D eigenvalue weighted by molar-refractivity contribution is 5.86. The number of hydrogen-bond donors (Lipinski definition) is 1. The molecule has 1 aromatic rings. The van der Waals surface area contributed by atoms with Crippen molar-refractivity contribution >= 4 is 5.97 Å². The van der Waals surface area contributed by atoms with Crippen molar-refractivity contribution in [3.63, 3.8) is 0 Å². The zero-order valence-electron chi connectivity index (χ0n) is 17.7. The van der Waals surface area contributed by atoms with Crippen LogP contribution < -0.4 is 0 Å². The molecule has 1 fully saturated rings. The smallest absolute Gasteiger partial charge is 0.333 e. The van der Waals surface area contributed by atoms with Crippen molar-refractivity contribution in [2.45, 2.75) is 91.7 Å². The third-order valence-corrected chi connectivity index (χ3v) is 4.75. The van der Waals surface area contributed by atoms with Crippen LogP contribution >= 0.6 is 0 Å². The van der Waals surface area contributed by atoms with E-state index in [0.717, 1.165) is 49.9 Å². The van der Waals surface area contributed by atoms with Crippen LogP contribution in [0.1, 0.15) is 83.6 Å². The minimum absolute atomic E-state index is 0.0549. The molecule has 0 bridgehead atoms. The van der Waals surface area contributed by atoms with Crippen molar-refractivity contribution in [2.75, 3.05) is 6.61 Å². The van der Waals surface area contributed by atoms with Gasteiger partial charge in [-0.2, -0.15) is 15.0 Å². The van der Waals surface area contributed by atoms with E-state index in [9.17, 15) is 9.90 Å². The molecule has 1 aliphatic rings. The van der Waals surface area contributed by atoms with Crippen molar-refractivity contribution in [3.05, 3.63) is 23.5 Å². The van der Waals surface area contributed by atoms with Crippen LogP contribution in [0.5, 0.6) is 0 Å². The van der Waals surface area contributed by atoms with E-state index in [-0.39, 0.29) is 18.1 Å². The number of ether oxygens (including phenoxy) is 1. The largest absolute Gasteiger partial charge is 0.462 e. The first-order chi connectivity index (χ1) is 12.8. The van der Waals surface area contributed by atoms with Crippen molar-refractivity contribution in [2.24, 2.45) is 5.92 Å². The fraction of sp³-hybridized carbons (Fsp3) is 0.762. The first kappa shape index (κ1) is 23.3. The molecular weight excluding hydrogens is 342 g/mol. The van der Waals surface area contributed by atoms with Crippen LogP contribution in [0, 0.1) is 12.8 Å². The summed E-state index contributed by atoms with van der Waals surface area (Å²) in [5, 5.41) is 19.4. The fourth-order valence-corrected chi connectivity index (χ4v) is 3.29. The van der Waals surface area contributed by atoms with E-state index in [1.54, 1.807) is 11.7 Å². The van der Waals surface area contributed by atoms with Crippen molar-refractivity contribution in [1.82, 2.24) is 15.0 Å². The summed E-state index contributed by atoms with van der Waals surface area (Å²) < 4.78 is 5.14. The lowest BCUT2D eigenvalue weighted by atomic mass is 9.81. The molecule has 3 unspecified atom stereocenters. The lowest BCUT2D eigenvalue weighted by Crippen LogP contribution is -2.33. The van der Waals surface area contributed by atoms with Crippen LogP contribution in [-0.2, 0) is 16.0 Å². The topological polar surface area (TPSA) is 77.2 Å². The fourth-order valence-electron chi connectivity index (χ4n) is 3.29. The summed E-state index contributed by atoms with van der Waals surface area (Å²) in [6.45, 7) is 13.9. The van der Waals surface area contributed by atoms with Gasteiger partial charge in [-0.25, -0.2) is 4.79 Å². The van der Waals surface area contributed by atoms with Crippen LogP contribution in [0.25, 0.3) is 0 Å². The van der Waals surface area contributed by atoms with E-state index >= 15 is 0 Å². The second-order valence-electron chi connectivity index (χ2n) is 7.49. The zero-order chi connectivity index (χ0) is 20.4. The van der Waals surface area contributed by atoms with E-state index < -0.39 is 0 Å². The van der Waals surface area contributed by atoms with Gasteiger partial charge in [-0.3, -0.25) is 0 Å². The summed E-state index contributed by atoms with van der Waals surface area (Å²) >= 11 is 0. The molecule has 1 aliphatic carbocycles. The van der Waals surface area contributed by atoms with Gasteiger partial charge >= 0.3 is 5.97 Å². The summed E-state index contributed by atoms with van der Waals surface area (Å²) in [5.41, 5.74) is 2.37. The Morgan fingerprint density at radius 2 is 1.96 bits per heavy atom. The molecule has 1 N–H and O–H groups in total. The van der Waals surface area contributed by atoms with Crippen molar-refractivity contribution in [3.8, 4) is 0 Å². The maximum atomic E-state index is 11.4. The number of aliphatic hydroxyl groups is 1. The summed E-state index contributed by atoms with van der Waals surface area (Å²) in [7, 11) is 0. The number of hydrogen-bond acceptors (Lipinski definition) is 5. The molecular formula is C21H37N3O3. The number of aromatic nitrogens is 3. The first-order valence-electron chi connectivity index (χ1n) is 10.3. The van der Waals surface area contributed by atoms with E-state index in [4.69, 9.17) is 4.74 Å². The maximum absolute atomic E-state index is 11.4. The van der Waals surface area contributed by atoms with Crippen LogP contribution in [-0.4, -0.2) is 38.8 Å². The van der Waals surface area contributed by atoms with Crippen LogP contribution in [0.3, 0.4) is 0 Å². The Hall–Kier alpha value is -1.69. The number of carbonyl (C=O) groups is 1. The molecule has 0 radical (unpaired) electrons. The molecule has 0 saturated heterocycles. The Balaban J connectivity index is 0.00000114. The van der Waals surface area contributed by atoms with Gasteiger partial charge in [-0.15, -0.1) is 0 Å². The Labute approximate surface area is 164 Å². The van der Waals surface area contributed by atoms with Gasteiger partial charge in [0, 0.05) is 5.57 Å². The Bertz CT molecular complexity index is 597. The van der Waals surface area contributed by atoms with Gasteiger partial charge in [-0.1, -0.05) is 33.8 Å². The molecule has 0 spiro atoms. The highest BCUT2D eigenvalue weighted by atomic mass is 16.5. The molecule has 27 heavy (non-hydrogen) atoms. The molecule has 1 heterocycles. The lowest BCUT2D eigenvalue weighted by Gasteiger charge is -2.32. The Kier molecular flexibility index (Phi) is 10.3. The minimum atomic E-state index is -0.390. The summed E-state index contributed by atoms with van der Waals surface area (Å²) in [5.74, 6) is 0.175. The summed E-state index contributed by atoms with van der Waals surface area (Å²) in [6, 6.07) is -0.0549. The quantitative estimate of drug-likeness (QED) is 0.437. The molecule has 0 aliphatic heterocycles. The Morgan fingerprint density at radius 1 is 1.30 bits per heavy atom. The second kappa shape index (κ2) is 11.9. The number of carbonyl (C=O) groups excluding carboxylic acids is 1. The van der Waals surface area contributed by atoms with Gasteiger partial charge in [0.1, 0.15) is 0 Å². The SMILES string of the molecule is C=C(C)C(=O)OCCCC1CCC(O)C(n2nc(C)c(CC)n2)C1.CCC. The molecule has 0 amide bonds. The van der Waals surface area contributed by atoms with Crippen LogP contribution in [0.2, 0.25) is 0 Å². The predicted molar refractivity (Wildman–Crippen MR) is 107 cm³/mol. The van der Waals surface area contributed by atoms with Gasteiger partial charge < -0.3 is 9.84 Å². The molecule has 0 aromatic carbocycles. The van der Waals surface area contributed by atoms with Crippen molar-refractivity contribution in [1.29, 1.82) is 0 Å².